The van der Waals surface area contributed by atoms with Crippen LogP contribution in [0.1, 0.15) is 40.3 Å². The Bertz CT molecular complexity index is 856. The van der Waals surface area contributed by atoms with E-state index in [1.54, 1.807) is 31.2 Å². The summed E-state index contributed by atoms with van der Waals surface area (Å²) in [6.45, 7) is 1.80. The van der Waals surface area contributed by atoms with Crippen molar-refractivity contribution in [1.82, 2.24) is 5.43 Å². The van der Waals surface area contributed by atoms with Gasteiger partial charge in [0, 0.05) is 28.3 Å². The second-order valence-corrected chi connectivity index (χ2v) is 6.14. The summed E-state index contributed by atoms with van der Waals surface area (Å²) in [6, 6.07) is 6.07. The molecule has 0 saturated heterocycles. The van der Waals surface area contributed by atoms with Gasteiger partial charge in [-0.05, 0) is 44.0 Å². The fraction of sp³-hybridized carbons (Fsp3) is 0.235. The van der Waals surface area contributed by atoms with Crippen LogP contribution in [0.25, 0.3) is 0 Å². The Morgan fingerprint density at radius 2 is 1.96 bits per heavy atom. The maximum absolute atomic E-state index is 12.5. The minimum Gasteiger partial charge on any atom is -0.455 e. The molecule has 1 aliphatic carbocycles. The molecule has 7 nitrogen and oxygen atoms in total. The highest BCUT2D eigenvalue weighted by molar-refractivity contribution is 6.30. The van der Waals surface area contributed by atoms with E-state index in [0.717, 1.165) is 12.0 Å². The standard InChI is InChI=1S/C17H17ClN4O3/c1-9-14-12(21-22-17(19)24)3-2-4-13(14)25-15(9)16(23)20-11-7-5-10(18)6-8-11/h5-8H,2-4H2,1H3,(H,20,23)(H3,19,22,24)/b21-12+. The van der Waals surface area contributed by atoms with E-state index < -0.39 is 6.03 Å². The lowest BCUT2D eigenvalue weighted by Crippen LogP contribution is -2.27. The lowest BCUT2D eigenvalue weighted by Gasteiger charge is -2.13. The van der Waals surface area contributed by atoms with Gasteiger partial charge in [0.15, 0.2) is 5.76 Å². The molecule has 0 atom stereocenters. The van der Waals surface area contributed by atoms with Gasteiger partial charge in [-0.15, -0.1) is 0 Å². The van der Waals surface area contributed by atoms with E-state index >= 15 is 0 Å². The first-order valence-electron chi connectivity index (χ1n) is 7.77. The molecule has 130 valence electrons. The zero-order valence-corrected chi connectivity index (χ0v) is 14.3. The van der Waals surface area contributed by atoms with Crippen LogP contribution in [-0.2, 0) is 6.42 Å². The Labute approximate surface area is 149 Å². The van der Waals surface area contributed by atoms with E-state index in [0.29, 0.717) is 40.6 Å². The Morgan fingerprint density at radius 1 is 1.24 bits per heavy atom. The second kappa shape index (κ2) is 6.98. The number of hydrogen-bond acceptors (Lipinski definition) is 4. The molecule has 0 unspecified atom stereocenters. The first kappa shape index (κ1) is 17.0. The smallest absolute Gasteiger partial charge is 0.332 e. The third kappa shape index (κ3) is 3.66. The van der Waals surface area contributed by atoms with Crippen LogP contribution >= 0.6 is 11.6 Å². The van der Waals surface area contributed by atoms with Crippen LogP contribution in [0.3, 0.4) is 0 Å². The topological polar surface area (TPSA) is 110 Å². The number of hydrazone groups is 1. The zero-order chi connectivity index (χ0) is 18.0. The van der Waals surface area contributed by atoms with Crippen LogP contribution in [0.4, 0.5) is 10.5 Å². The van der Waals surface area contributed by atoms with Crippen molar-refractivity contribution in [2.45, 2.75) is 26.2 Å². The predicted octanol–water partition coefficient (Wildman–Crippen LogP) is 3.20. The summed E-state index contributed by atoms with van der Waals surface area (Å²) in [5.41, 5.74) is 10.0. The lowest BCUT2D eigenvalue weighted by atomic mass is 9.93. The van der Waals surface area contributed by atoms with Gasteiger partial charge in [0.1, 0.15) is 5.76 Å². The number of fused-ring (bicyclic) bond motifs is 1. The van der Waals surface area contributed by atoms with Gasteiger partial charge in [0.25, 0.3) is 5.91 Å². The minimum atomic E-state index is -0.735. The monoisotopic (exact) mass is 360 g/mol. The first-order valence-corrected chi connectivity index (χ1v) is 8.15. The summed E-state index contributed by atoms with van der Waals surface area (Å²) in [6.07, 6.45) is 2.20. The number of carbonyl (C=O) groups excluding carboxylic acids is 2. The number of nitrogens with two attached hydrogens (primary N) is 1. The van der Waals surface area contributed by atoms with Crippen molar-refractivity contribution in [3.05, 3.63) is 51.9 Å². The van der Waals surface area contributed by atoms with E-state index in [1.165, 1.54) is 0 Å². The van der Waals surface area contributed by atoms with Crippen molar-refractivity contribution in [3.63, 3.8) is 0 Å². The number of aryl methyl sites for hydroxylation is 1. The average Bonchev–Trinajstić information content (AvgIpc) is 2.93. The Morgan fingerprint density at radius 3 is 2.64 bits per heavy atom. The minimum absolute atomic E-state index is 0.230. The van der Waals surface area contributed by atoms with Gasteiger partial charge in [-0.1, -0.05) is 11.6 Å². The van der Waals surface area contributed by atoms with Crippen molar-refractivity contribution in [1.29, 1.82) is 0 Å². The number of urea groups is 1. The molecule has 1 aliphatic rings. The molecule has 0 radical (unpaired) electrons. The van der Waals surface area contributed by atoms with E-state index in [2.05, 4.69) is 15.8 Å². The number of rotatable bonds is 3. The van der Waals surface area contributed by atoms with Gasteiger partial charge in [-0.3, -0.25) is 4.79 Å². The highest BCUT2D eigenvalue weighted by Gasteiger charge is 2.28. The van der Waals surface area contributed by atoms with Gasteiger partial charge in [-0.25, -0.2) is 10.2 Å². The quantitative estimate of drug-likeness (QED) is 0.731. The second-order valence-electron chi connectivity index (χ2n) is 5.70. The van der Waals surface area contributed by atoms with Gasteiger partial charge in [0.2, 0.25) is 0 Å². The normalized spacial score (nSPS) is 14.9. The fourth-order valence-electron chi connectivity index (χ4n) is 2.84. The van der Waals surface area contributed by atoms with E-state index in [1.807, 2.05) is 0 Å². The fourth-order valence-corrected chi connectivity index (χ4v) is 2.97. The molecule has 0 fully saturated rings. The number of benzene rings is 1. The molecule has 0 saturated carbocycles. The molecule has 1 aromatic heterocycles. The molecule has 1 heterocycles. The van der Waals surface area contributed by atoms with Gasteiger partial charge in [-0.2, -0.15) is 5.10 Å². The van der Waals surface area contributed by atoms with Gasteiger partial charge in [0.05, 0.1) is 5.71 Å². The highest BCUT2D eigenvalue weighted by atomic mass is 35.5. The predicted molar refractivity (Wildman–Crippen MR) is 95.0 cm³/mol. The number of halogens is 1. The highest BCUT2D eigenvalue weighted by Crippen LogP contribution is 2.30. The maximum Gasteiger partial charge on any atom is 0.332 e. The summed E-state index contributed by atoms with van der Waals surface area (Å²) in [4.78, 5) is 23.4. The molecule has 3 amide bonds. The Hall–Kier alpha value is -2.80. The number of primary amides is 1. The first-order chi connectivity index (χ1) is 12.0. The molecule has 8 heteroatoms. The molecular weight excluding hydrogens is 344 g/mol. The molecule has 4 N–H and O–H groups in total. The third-order valence-corrected chi connectivity index (χ3v) is 4.19. The summed E-state index contributed by atoms with van der Waals surface area (Å²) in [5, 5.41) is 7.40. The number of furan rings is 1. The van der Waals surface area contributed by atoms with Crippen LogP contribution in [0.15, 0.2) is 33.8 Å². The summed E-state index contributed by atoms with van der Waals surface area (Å²) >= 11 is 5.84. The van der Waals surface area contributed by atoms with Gasteiger partial charge >= 0.3 is 6.03 Å². The molecule has 2 aromatic rings. The molecule has 0 aliphatic heterocycles. The van der Waals surface area contributed by atoms with Crippen LogP contribution in [0.5, 0.6) is 0 Å². The number of nitrogens with one attached hydrogen (secondary N) is 2. The van der Waals surface area contributed by atoms with Crippen molar-refractivity contribution < 1.29 is 14.0 Å². The van der Waals surface area contributed by atoms with Crippen LogP contribution in [-0.4, -0.2) is 17.6 Å². The largest absolute Gasteiger partial charge is 0.455 e. The number of nitrogens with zero attached hydrogens (tertiary/aromatic N) is 1. The molecular formula is C17H17ClN4O3. The van der Waals surface area contributed by atoms with Crippen molar-refractivity contribution in [2.24, 2.45) is 10.8 Å². The van der Waals surface area contributed by atoms with Crippen molar-refractivity contribution in [2.75, 3.05) is 5.32 Å². The zero-order valence-electron chi connectivity index (χ0n) is 13.6. The Kier molecular flexibility index (Phi) is 4.76. The van der Waals surface area contributed by atoms with E-state index in [4.69, 9.17) is 21.8 Å². The number of amides is 3. The van der Waals surface area contributed by atoms with Gasteiger partial charge < -0.3 is 15.5 Å². The number of carbonyl (C=O) groups is 2. The Balaban J connectivity index is 1.88. The van der Waals surface area contributed by atoms with E-state index in [9.17, 15) is 9.59 Å². The van der Waals surface area contributed by atoms with Crippen LogP contribution in [0, 0.1) is 6.92 Å². The van der Waals surface area contributed by atoms with E-state index in [-0.39, 0.29) is 11.7 Å². The van der Waals surface area contributed by atoms with Crippen molar-refractivity contribution >= 4 is 34.9 Å². The molecule has 1 aromatic carbocycles. The molecule has 0 bridgehead atoms. The summed E-state index contributed by atoms with van der Waals surface area (Å²) in [7, 11) is 0. The summed E-state index contributed by atoms with van der Waals surface area (Å²) in [5.74, 6) is 0.570. The maximum atomic E-state index is 12.5. The average molecular weight is 361 g/mol. The summed E-state index contributed by atoms with van der Waals surface area (Å²) < 4.78 is 5.77. The molecule has 25 heavy (non-hydrogen) atoms. The van der Waals surface area contributed by atoms with Crippen molar-refractivity contribution in [3.8, 4) is 0 Å². The molecule has 3 rings (SSSR count). The number of anilines is 1. The third-order valence-electron chi connectivity index (χ3n) is 3.94. The number of hydrogen-bond donors (Lipinski definition) is 3. The van der Waals surface area contributed by atoms with Crippen LogP contribution < -0.4 is 16.5 Å². The lowest BCUT2D eigenvalue weighted by molar-refractivity contribution is 0.0994. The molecule has 0 spiro atoms. The SMILES string of the molecule is Cc1c(C(=O)Nc2ccc(Cl)cc2)oc2c1/C(=N/NC(N)=O)CCC2. The van der Waals surface area contributed by atoms with Crippen LogP contribution in [0.2, 0.25) is 5.02 Å².